The van der Waals surface area contributed by atoms with Crippen LogP contribution < -0.4 is 11.1 Å². The molecule has 0 bridgehead atoms. The van der Waals surface area contributed by atoms with Crippen LogP contribution in [0.4, 0.5) is 10.8 Å². The van der Waals surface area contributed by atoms with Crippen molar-refractivity contribution in [2.75, 3.05) is 23.9 Å². The second kappa shape index (κ2) is 3.81. The van der Waals surface area contributed by atoms with Gasteiger partial charge < -0.3 is 11.1 Å². The maximum Gasteiger partial charge on any atom is 0.153 e. The molecule has 2 aliphatic rings. The molecule has 16 heavy (non-hydrogen) atoms. The van der Waals surface area contributed by atoms with Gasteiger partial charge in [-0.15, -0.1) is 11.8 Å². The topological polar surface area (TPSA) is 50.9 Å². The number of nitrogen functional groups attached to an aromatic ring is 1. The van der Waals surface area contributed by atoms with Crippen LogP contribution in [-0.4, -0.2) is 17.2 Å². The summed E-state index contributed by atoms with van der Waals surface area (Å²) < 4.78 is 4.21. The summed E-state index contributed by atoms with van der Waals surface area (Å²) in [5.41, 5.74) is 6.45. The molecular weight excluding hydrogens is 238 g/mol. The van der Waals surface area contributed by atoms with Crippen molar-refractivity contribution in [3.05, 3.63) is 0 Å². The van der Waals surface area contributed by atoms with E-state index in [1.165, 1.54) is 37.2 Å². The van der Waals surface area contributed by atoms with Gasteiger partial charge in [0, 0.05) is 6.54 Å². The van der Waals surface area contributed by atoms with Crippen LogP contribution in [0, 0.1) is 11.3 Å². The van der Waals surface area contributed by atoms with Crippen LogP contribution >= 0.6 is 23.3 Å². The van der Waals surface area contributed by atoms with Crippen molar-refractivity contribution in [3.63, 3.8) is 0 Å². The molecule has 3 nitrogen and oxygen atoms in total. The molecule has 1 aromatic rings. The quantitative estimate of drug-likeness (QED) is 0.794. The first-order valence-corrected chi connectivity index (χ1v) is 7.78. The van der Waals surface area contributed by atoms with Gasteiger partial charge in [-0.05, 0) is 54.8 Å². The minimum absolute atomic E-state index is 0.633. The lowest BCUT2D eigenvalue weighted by Gasteiger charge is -2.15. The third-order valence-corrected chi connectivity index (χ3v) is 5.58. The summed E-state index contributed by atoms with van der Waals surface area (Å²) in [5, 5.41) is 4.73. The van der Waals surface area contributed by atoms with Crippen LogP contribution in [-0.2, 0) is 0 Å². The molecule has 88 valence electrons. The van der Waals surface area contributed by atoms with Crippen molar-refractivity contribution in [3.8, 4) is 0 Å². The van der Waals surface area contributed by atoms with Gasteiger partial charge in [-0.3, -0.25) is 0 Å². The molecule has 3 N–H and O–H groups in total. The fraction of sp³-hybridized carbons (Fsp3) is 0.727. The highest BCUT2D eigenvalue weighted by molar-refractivity contribution is 7.99. The van der Waals surface area contributed by atoms with Gasteiger partial charge in [0.25, 0.3) is 0 Å². The van der Waals surface area contributed by atoms with E-state index in [0.29, 0.717) is 11.2 Å². The Balaban J connectivity index is 1.65. The predicted molar refractivity (Wildman–Crippen MR) is 71.2 cm³/mol. The smallest absolute Gasteiger partial charge is 0.153 e. The molecule has 0 aliphatic heterocycles. The molecule has 3 rings (SSSR count). The van der Waals surface area contributed by atoms with E-state index in [1.54, 1.807) is 11.8 Å². The van der Waals surface area contributed by atoms with Crippen LogP contribution in [0.5, 0.6) is 0 Å². The van der Waals surface area contributed by atoms with Gasteiger partial charge in [0.2, 0.25) is 0 Å². The van der Waals surface area contributed by atoms with E-state index < -0.39 is 0 Å². The zero-order chi connectivity index (χ0) is 11.2. The molecule has 0 saturated heterocycles. The summed E-state index contributed by atoms with van der Waals surface area (Å²) >= 11 is 3.18. The SMILES string of the molecule is CSc1c(N)nsc1NCC1(C2CC2)CC1. The third-order valence-electron chi connectivity index (χ3n) is 3.81. The molecule has 0 atom stereocenters. The Morgan fingerprint density at radius 1 is 1.56 bits per heavy atom. The number of rotatable bonds is 5. The Labute approximate surface area is 104 Å². The minimum Gasteiger partial charge on any atom is -0.382 e. The van der Waals surface area contributed by atoms with Gasteiger partial charge in [0.15, 0.2) is 5.82 Å². The average Bonchev–Trinajstić information content (AvgIpc) is 3.13. The number of aromatic nitrogens is 1. The summed E-state index contributed by atoms with van der Waals surface area (Å²) in [6.45, 7) is 1.12. The Bertz CT molecular complexity index is 394. The van der Waals surface area contributed by atoms with Crippen molar-refractivity contribution >= 4 is 34.1 Å². The molecule has 2 aliphatic carbocycles. The van der Waals surface area contributed by atoms with E-state index in [1.807, 2.05) is 0 Å². The van der Waals surface area contributed by atoms with Crippen molar-refractivity contribution in [2.45, 2.75) is 30.6 Å². The number of nitrogens with two attached hydrogens (primary N) is 1. The first kappa shape index (κ1) is 10.7. The van der Waals surface area contributed by atoms with Gasteiger partial charge in [-0.2, -0.15) is 4.37 Å². The van der Waals surface area contributed by atoms with Crippen molar-refractivity contribution in [1.82, 2.24) is 4.37 Å². The fourth-order valence-corrected chi connectivity index (χ4v) is 3.98. The lowest BCUT2D eigenvalue weighted by atomic mass is 10.0. The molecule has 1 aromatic heterocycles. The highest BCUT2D eigenvalue weighted by Gasteiger charge is 2.53. The van der Waals surface area contributed by atoms with Crippen molar-refractivity contribution in [1.29, 1.82) is 0 Å². The van der Waals surface area contributed by atoms with Crippen LogP contribution in [0.15, 0.2) is 4.90 Å². The molecule has 2 saturated carbocycles. The number of hydrogen-bond donors (Lipinski definition) is 2. The van der Waals surface area contributed by atoms with Crippen LogP contribution in [0.3, 0.4) is 0 Å². The first-order valence-electron chi connectivity index (χ1n) is 5.78. The summed E-state index contributed by atoms with van der Waals surface area (Å²) in [6, 6.07) is 0. The molecule has 0 spiro atoms. The molecule has 1 heterocycles. The van der Waals surface area contributed by atoms with E-state index in [9.17, 15) is 0 Å². The summed E-state index contributed by atoms with van der Waals surface area (Å²) in [6.07, 6.45) is 7.77. The highest BCUT2D eigenvalue weighted by Crippen LogP contribution is 2.61. The largest absolute Gasteiger partial charge is 0.382 e. The van der Waals surface area contributed by atoms with E-state index in [2.05, 4.69) is 15.9 Å². The van der Waals surface area contributed by atoms with Gasteiger partial charge in [0.1, 0.15) is 5.00 Å². The fourth-order valence-electron chi connectivity index (χ4n) is 2.45. The molecule has 0 unspecified atom stereocenters. The summed E-state index contributed by atoms with van der Waals surface area (Å²) in [7, 11) is 0. The predicted octanol–water partition coefficient (Wildman–Crippen LogP) is 3.05. The minimum atomic E-state index is 0.633. The molecule has 5 heteroatoms. The van der Waals surface area contributed by atoms with Crippen LogP contribution in [0.1, 0.15) is 25.7 Å². The number of nitrogens with one attached hydrogen (secondary N) is 1. The van der Waals surface area contributed by atoms with Gasteiger partial charge in [0.05, 0.1) is 4.90 Å². The average molecular weight is 255 g/mol. The second-order valence-corrected chi connectivity index (χ2v) is 6.51. The van der Waals surface area contributed by atoms with E-state index in [4.69, 9.17) is 5.73 Å². The Morgan fingerprint density at radius 3 is 2.88 bits per heavy atom. The Morgan fingerprint density at radius 2 is 2.31 bits per heavy atom. The van der Waals surface area contributed by atoms with Crippen molar-refractivity contribution in [2.24, 2.45) is 11.3 Å². The molecule has 0 amide bonds. The molecule has 2 fully saturated rings. The molecular formula is C11H17N3S2. The summed E-state index contributed by atoms with van der Waals surface area (Å²) in [5.74, 6) is 1.68. The lowest BCUT2D eigenvalue weighted by Crippen LogP contribution is -2.17. The summed E-state index contributed by atoms with van der Waals surface area (Å²) in [4.78, 5) is 1.12. The van der Waals surface area contributed by atoms with Gasteiger partial charge >= 0.3 is 0 Å². The van der Waals surface area contributed by atoms with Crippen LogP contribution in [0.2, 0.25) is 0 Å². The standard InChI is InChI=1S/C11H17N3S2/c1-15-8-9(12)14-16-10(8)13-6-11(4-5-11)7-2-3-7/h7,13H,2-6H2,1H3,(H2,12,14). The number of anilines is 2. The number of hydrogen-bond acceptors (Lipinski definition) is 5. The van der Waals surface area contributed by atoms with E-state index in [0.717, 1.165) is 22.4 Å². The normalized spacial score (nSPS) is 22.1. The van der Waals surface area contributed by atoms with Gasteiger partial charge in [-0.25, -0.2) is 0 Å². The maximum atomic E-state index is 5.82. The molecule has 0 radical (unpaired) electrons. The third kappa shape index (κ3) is 1.80. The number of nitrogens with zero attached hydrogens (tertiary/aromatic N) is 1. The van der Waals surface area contributed by atoms with E-state index in [-0.39, 0.29) is 0 Å². The van der Waals surface area contributed by atoms with Gasteiger partial charge in [-0.1, -0.05) is 0 Å². The number of thioether (sulfide) groups is 1. The monoisotopic (exact) mass is 255 g/mol. The Kier molecular flexibility index (Phi) is 2.55. The van der Waals surface area contributed by atoms with E-state index >= 15 is 0 Å². The highest BCUT2D eigenvalue weighted by atomic mass is 32.2. The Hall–Kier alpha value is -0.420. The zero-order valence-electron chi connectivity index (χ0n) is 9.45. The van der Waals surface area contributed by atoms with Crippen LogP contribution in [0.25, 0.3) is 0 Å². The van der Waals surface area contributed by atoms with Crippen molar-refractivity contribution < 1.29 is 0 Å². The molecule has 0 aromatic carbocycles. The second-order valence-electron chi connectivity index (χ2n) is 4.92. The maximum absolute atomic E-state index is 5.82. The lowest BCUT2D eigenvalue weighted by molar-refractivity contribution is 0.467. The first-order chi connectivity index (χ1) is 7.75. The zero-order valence-corrected chi connectivity index (χ0v) is 11.1.